The SMILES string of the molecule is O=S1(=O)CCCN(C/C=C/CS)CC1. The van der Waals surface area contributed by atoms with Gasteiger partial charge in [-0.2, -0.15) is 12.6 Å². The minimum atomic E-state index is -2.76. The lowest BCUT2D eigenvalue weighted by Gasteiger charge is -2.16. The Labute approximate surface area is 91.5 Å². The van der Waals surface area contributed by atoms with Crippen LogP contribution in [0.15, 0.2) is 12.2 Å². The van der Waals surface area contributed by atoms with Gasteiger partial charge in [-0.25, -0.2) is 8.42 Å². The third-order valence-corrected chi connectivity index (χ3v) is 4.21. The van der Waals surface area contributed by atoms with E-state index in [0.29, 0.717) is 18.1 Å². The lowest BCUT2D eigenvalue weighted by Crippen LogP contribution is -2.27. The van der Waals surface area contributed by atoms with Gasteiger partial charge >= 0.3 is 0 Å². The van der Waals surface area contributed by atoms with Crippen LogP contribution in [0.3, 0.4) is 0 Å². The summed E-state index contributed by atoms with van der Waals surface area (Å²) in [4.78, 5) is 2.17. The molecule has 0 unspecified atom stereocenters. The summed E-state index contributed by atoms with van der Waals surface area (Å²) in [6, 6.07) is 0. The van der Waals surface area contributed by atoms with Crippen molar-refractivity contribution in [2.75, 3.05) is 36.9 Å². The Balaban J connectivity index is 2.39. The molecule has 0 saturated carbocycles. The molecule has 82 valence electrons. The zero-order valence-corrected chi connectivity index (χ0v) is 9.93. The molecule has 0 aliphatic carbocycles. The Kier molecular flexibility index (Phi) is 4.98. The summed E-state index contributed by atoms with van der Waals surface area (Å²) in [6.07, 6.45) is 4.80. The van der Waals surface area contributed by atoms with Crippen LogP contribution in [0.4, 0.5) is 0 Å². The summed E-state index contributed by atoms with van der Waals surface area (Å²) in [5, 5.41) is 0. The van der Waals surface area contributed by atoms with E-state index in [-0.39, 0.29) is 0 Å². The highest BCUT2D eigenvalue weighted by molar-refractivity contribution is 7.91. The molecular weight excluding hydrogens is 218 g/mol. The van der Waals surface area contributed by atoms with Gasteiger partial charge in [-0.1, -0.05) is 12.2 Å². The molecule has 14 heavy (non-hydrogen) atoms. The molecule has 1 rings (SSSR count). The topological polar surface area (TPSA) is 37.4 Å². The number of nitrogens with zero attached hydrogens (tertiary/aromatic N) is 1. The number of sulfone groups is 1. The van der Waals surface area contributed by atoms with Gasteiger partial charge in [-0.15, -0.1) is 0 Å². The van der Waals surface area contributed by atoms with Crippen LogP contribution in [-0.2, 0) is 9.84 Å². The predicted molar refractivity (Wildman–Crippen MR) is 62.7 cm³/mol. The van der Waals surface area contributed by atoms with Gasteiger partial charge in [0.2, 0.25) is 0 Å². The molecule has 0 radical (unpaired) electrons. The zero-order valence-electron chi connectivity index (χ0n) is 8.22. The Morgan fingerprint density at radius 2 is 2.00 bits per heavy atom. The summed E-state index contributed by atoms with van der Waals surface area (Å²) in [7, 11) is -2.76. The Hall–Kier alpha value is -0.000000000000000111. The first-order chi connectivity index (χ1) is 6.64. The van der Waals surface area contributed by atoms with Crippen LogP contribution in [0.25, 0.3) is 0 Å². The van der Waals surface area contributed by atoms with Crippen LogP contribution < -0.4 is 0 Å². The molecule has 1 heterocycles. The molecule has 0 amide bonds. The molecule has 0 atom stereocenters. The van der Waals surface area contributed by atoms with E-state index in [0.717, 1.165) is 25.3 Å². The highest BCUT2D eigenvalue weighted by Crippen LogP contribution is 2.04. The molecule has 1 aliphatic rings. The summed E-state index contributed by atoms with van der Waals surface area (Å²) >= 11 is 4.07. The van der Waals surface area contributed by atoms with Gasteiger partial charge < -0.3 is 0 Å². The van der Waals surface area contributed by atoms with Crippen LogP contribution in [0.5, 0.6) is 0 Å². The van der Waals surface area contributed by atoms with E-state index in [1.807, 2.05) is 12.2 Å². The molecule has 0 bridgehead atoms. The lowest BCUT2D eigenvalue weighted by molar-refractivity contribution is 0.327. The Morgan fingerprint density at radius 3 is 2.71 bits per heavy atom. The van der Waals surface area contributed by atoms with Crippen molar-refractivity contribution < 1.29 is 8.42 Å². The molecule has 1 fully saturated rings. The maximum atomic E-state index is 11.3. The van der Waals surface area contributed by atoms with Crippen molar-refractivity contribution in [3.8, 4) is 0 Å². The second-order valence-electron chi connectivity index (χ2n) is 3.46. The summed E-state index contributed by atoms with van der Waals surface area (Å²) in [6.45, 7) is 2.39. The van der Waals surface area contributed by atoms with Crippen LogP contribution in [0, 0.1) is 0 Å². The van der Waals surface area contributed by atoms with Crippen LogP contribution in [0.2, 0.25) is 0 Å². The van der Waals surface area contributed by atoms with E-state index in [1.165, 1.54) is 0 Å². The first-order valence-corrected chi connectivity index (χ1v) is 7.28. The highest BCUT2D eigenvalue weighted by atomic mass is 32.2. The third kappa shape index (κ3) is 4.48. The third-order valence-electron chi connectivity index (χ3n) is 2.28. The molecule has 0 aromatic carbocycles. The first-order valence-electron chi connectivity index (χ1n) is 4.83. The predicted octanol–water partition coefficient (Wildman–Crippen LogP) is 0.593. The number of rotatable bonds is 3. The van der Waals surface area contributed by atoms with Crippen LogP contribution in [-0.4, -0.2) is 50.2 Å². The fourth-order valence-corrected chi connectivity index (χ4v) is 2.93. The number of hydrogen-bond donors (Lipinski definition) is 1. The molecule has 0 N–H and O–H groups in total. The molecule has 1 saturated heterocycles. The zero-order chi connectivity index (χ0) is 10.4. The Morgan fingerprint density at radius 1 is 1.21 bits per heavy atom. The van der Waals surface area contributed by atoms with Gasteiger partial charge in [0.1, 0.15) is 0 Å². The molecule has 1 aliphatic heterocycles. The van der Waals surface area contributed by atoms with E-state index in [2.05, 4.69) is 17.5 Å². The van der Waals surface area contributed by atoms with Gasteiger partial charge in [-0.05, 0) is 13.0 Å². The molecule has 0 aromatic rings. The standard InChI is InChI=1S/C9H17NO2S2/c11-14(12)8-3-5-10(6-9-14)4-1-2-7-13/h1-2,13H,3-9H2/b2-1+. The van der Waals surface area contributed by atoms with Crippen molar-refractivity contribution in [1.29, 1.82) is 0 Å². The fourth-order valence-electron chi connectivity index (χ4n) is 1.47. The average Bonchev–Trinajstić information content (AvgIpc) is 2.28. The van der Waals surface area contributed by atoms with Crippen molar-refractivity contribution in [2.24, 2.45) is 0 Å². The highest BCUT2D eigenvalue weighted by Gasteiger charge is 2.17. The van der Waals surface area contributed by atoms with E-state index in [9.17, 15) is 8.42 Å². The monoisotopic (exact) mass is 235 g/mol. The van der Waals surface area contributed by atoms with Gasteiger partial charge in [0.25, 0.3) is 0 Å². The minimum Gasteiger partial charge on any atom is -0.299 e. The molecular formula is C9H17NO2S2. The van der Waals surface area contributed by atoms with Crippen LogP contribution in [0.1, 0.15) is 6.42 Å². The molecule has 0 aromatic heterocycles. The number of hydrogen-bond acceptors (Lipinski definition) is 4. The van der Waals surface area contributed by atoms with Crippen molar-refractivity contribution in [3.63, 3.8) is 0 Å². The smallest absolute Gasteiger partial charge is 0.151 e. The summed E-state index contributed by atoms with van der Waals surface area (Å²) in [5.41, 5.74) is 0. The maximum Gasteiger partial charge on any atom is 0.151 e. The second-order valence-corrected chi connectivity index (χ2v) is 6.13. The van der Waals surface area contributed by atoms with E-state index < -0.39 is 9.84 Å². The number of thiol groups is 1. The second kappa shape index (κ2) is 5.78. The van der Waals surface area contributed by atoms with E-state index in [4.69, 9.17) is 0 Å². The molecule has 3 nitrogen and oxygen atoms in total. The van der Waals surface area contributed by atoms with Crippen molar-refractivity contribution in [2.45, 2.75) is 6.42 Å². The van der Waals surface area contributed by atoms with Gasteiger partial charge in [0.15, 0.2) is 9.84 Å². The van der Waals surface area contributed by atoms with E-state index in [1.54, 1.807) is 0 Å². The largest absolute Gasteiger partial charge is 0.299 e. The lowest BCUT2D eigenvalue weighted by atomic mass is 10.4. The summed E-state index contributed by atoms with van der Waals surface area (Å²) < 4.78 is 22.6. The average molecular weight is 235 g/mol. The van der Waals surface area contributed by atoms with Crippen LogP contribution >= 0.6 is 12.6 Å². The van der Waals surface area contributed by atoms with Gasteiger partial charge in [-0.3, -0.25) is 4.90 Å². The van der Waals surface area contributed by atoms with Gasteiger partial charge in [0.05, 0.1) is 11.5 Å². The van der Waals surface area contributed by atoms with Gasteiger partial charge in [0, 0.05) is 18.8 Å². The van der Waals surface area contributed by atoms with Crippen molar-refractivity contribution in [1.82, 2.24) is 4.90 Å². The maximum absolute atomic E-state index is 11.3. The van der Waals surface area contributed by atoms with Crippen molar-refractivity contribution in [3.05, 3.63) is 12.2 Å². The fraction of sp³-hybridized carbons (Fsp3) is 0.778. The minimum absolute atomic E-state index is 0.307. The molecule has 0 spiro atoms. The van der Waals surface area contributed by atoms with E-state index >= 15 is 0 Å². The normalized spacial score (nSPS) is 23.8. The van der Waals surface area contributed by atoms with Crippen molar-refractivity contribution >= 4 is 22.5 Å². The first kappa shape index (κ1) is 12.1. The quantitative estimate of drug-likeness (QED) is 0.575. The Bertz CT molecular complexity index is 285. The summed E-state index contributed by atoms with van der Waals surface area (Å²) in [5.74, 6) is 1.40. The molecule has 5 heteroatoms.